The van der Waals surface area contributed by atoms with E-state index in [4.69, 9.17) is 4.74 Å². The first-order valence-corrected chi connectivity index (χ1v) is 10.7. The average molecular weight is 411 g/mol. The first-order valence-electron chi connectivity index (χ1n) is 10.7. The number of benzene rings is 2. The molecule has 162 valence electrons. The van der Waals surface area contributed by atoms with E-state index in [1.807, 2.05) is 62.4 Å². The van der Waals surface area contributed by atoms with E-state index in [9.17, 15) is 9.59 Å². The summed E-state index contributed by atoms with van der Waals surface area (Å²) >= 11 is 0. The maximum absolute atomic E-state index is 13.0. The van der Waals surface area contributed by atoms with E-state index in [1.54, 1.807) is 11.8 Å². The predicted octanol–water partition coefficient (Wildman–Crippen LogP) is 4.44. The lowest BCUT2D eigenvalue weighted by Crippen LogP contribution is -2.49. The van der Waals surface area contributed by atoms with Gasteiger partial charge >= 0.3 is 0 Å². The zero-order valence-electron chi connectivity index (χ0n) is 18.8. The smallest absolute Gasteiger partial charge is 0.261 e. The predicted molar refractivity (Wildman–Crippen MR) is 121 cm³/mol. The van der Waals surface area contributed by atoms with Gasteiger partial charge in [0.25, 0.3) is 5.91 Å². The topological polar surface area (TPSA) is 58.6 Å². The van der Waals surface area contributed by atoms with Crippen molar-refractivity contribution < 1.29 is 14.3 Å². The highest BCUT2D eigenvalue weighted by molar-refractivity contribution is 5.87. The Morgan fingerprint density at radius 1 is 1.00 bits per heavy atom. The van der Waals surface area contributed by atoms with Gasteiger partial charge < -0.3 is 15.0 Å². The largest absolute Gasteiger partial charge is 0.484 e. The fraction of sp³-hybridized carbons (Fsp3) is 0.440. The number of aryl methyl sites for hydroxylation is 1. The molecule has 2 aromatic carbocycles. The molecule has 0 aliphatic rings. The molecule has 0 aliphatic heterocycles. The third-order valence-electron chi connectivity index (χ3n) is 5.10. The highest BCUT2D eigenvalue weighted by Crippen LogP contribution is 2.19. The van der Waals surface area contributed by atoms with Crippen molar-refractivity contribution in [1.82, 2.24) is 10.2 Å². The number of nitrogens with zero attached hydrogens (tertiary/aromatic N) is 1. The van der Waals surface area contributed by atoms with Crippen molar-refractivity contribution >= 4 is 11.8 Å². The number of hydrogen-bond acceptors (Lipinski definition) is 3. The van der Waals surface area contributed by atoms with E-state index in [0.717, 1.165) is 17.5 Å². The fourth-order valence-electron chi connectivity index (χ4n) is 3.05. The Morgan fingerprint density at radius 3 is 2.20 bits per heavy atom. The molecule has 2 rings (SSSR count). The van der Waals surface area contributed by atoms with Crippen LogP contribution in [0.1, 0.15) is 56.7 Å². The van der Waals surface area contributed by atoms with Crippen LogP contribution in [0.25, 0.3) is 0 Å². The Hall–Kier alpha value is -2.82. The number of amides is 2. The van der Waals surface area contributed by atoms with Crippen LogP contribution in [0, 0.1) is 6.92 Å². The van der Waals surface area contributed by atoms with Crippen LogP contribution in [0.4, 0.5) is 0 Å². The van der Waals surface area contributed by atoms with Gasteiger partial charge in [0.15, 0.2) is 6.61 Å². The molecule has 0 saturated carbocycles. The summed E-state index contributed by atoms with van der Waals surface area (Å²) in [5.74, 6) is 0.709. The van der Waals surface area contributed by atoms with Gasteiger partial charge in [0, 0.05) is 13.1 Å². The standard InChI is InChI=1S/C25H34N2O3/c1-6-15-26-25(29)20(5)27(16-21-9-7-19(4)8-10-21)24(28)17-30-23-13-11-22(12-14-23)18(2)3/h7-14,18,20H,6,15-17H2,1-5H3,(H,26,29)/t20-/m1/s1. The van der Waals surface area contributed by atoms with E-state index in [2.05, 4.69) is 19.2 Å². The monoisotopic (exact) mass is 410 g/mol. The molecule has 0 spiro atoms. The average Bonchev–Trinajstić information content (AvgIpc) is 2.75. The van der Waals surface area contributed by atoms with E-state index in [-0.39, 0.29) is 18.4 Å². The van der Waals surface area contributed by atoms with Gasteiger partial charge in [0.05, 0.1) is 0 Å². The summed E-state index contributed by atoms with van der Waals surface area (Å²) in [6, 6.07) is 15.2. The summed E-state index contributed by atoms with van der Waals surface area (Å²) in [6.45, 7) is 10.9. The van der Waals surface area contributed by atoms with Gasteiger partial charge in [0.1, 0.15) is 11.8 Å². The Labute approximate surface area is 180 Å². The molecule has 5 heteroatoms. The van der Waals surface area contributed by atoms with Gasteiger partial charge in [-0.2, -0.15) is 0 Å². The number of carbonyl (C=O) groups excluding carboxylic acids is 2. The zero-order valence-corrected chi connectivity index (χ0v) is 18.8. The Balaban J connectivity index is 2.09. The van der Waals surface area contributed by atoms with Gasteiger partial charge in [-0.1, -0.05) is 62.7 Å². The molecule has 1 atom stereocenters. The molecule has 2 amide bonds. The van der Waals surface area contributed by atoms with E-state index < -0.39 is 6.04 Å². The molecule has 5 nitrogen and oxygen atoms in total. The quantitative estimate of drug-likeness (QED) is 0.630. The van der Waals surface area contributed by atoms with Crippen LogP contribution in [0.2, 0.25) is 0 Å². The van der Waals surface area contributed by atoms with Crippen molar-refractivity contribution in [2.75, 3.05) is 13.2 Å². The summed E-state index contributed by atoms with van der Waals surface area (Å²) in [6.07, 6.45) is 0.847. The number of nitrogens with one attached hydrogen (secondary N) is 1. The summed E-state index contributed by atoms with van der Waals surface area (Å²) in [4.78, 5) is 27.1. The van der Waals surface area contributed by atoms with Gasteiger partial charge in [-0.3, -0.25) is 9.59 Å². The highest BCUT2D eigenvalue weighted by Gasteiger charge is 2.26. The van der Waals surface area contributed by atoms with Crippen LogP contribution in [0.15, 0.2) is 48.5 Å². The molecule has 0 saturated heterocycles. The second-order valence-corrected chi connectivity index (χ2v) is 7.99. The van der Waals surface area contributed by atoms with E-state index in [0.29, 0.717) is 24.8 Å². The summed E-state index contributed by atoms with van der Waals surface area (Å²) in [5.41, 5.74) is 3.35. The number of hydrogen-bond donors (Lipinski definition) is 1. The van der Waals surface area contributed by atoms with E-state index in [1.165, 1.54) is 5.56 Å². The zero-order chi connectivity index (χ0) is 22.1. The lowest BCUT2D eigenvalue weighted by molar-refractivity contribution is -0.142. The van der Waals surface area contributed by atoms with Crippen molar-refractivity contribution in [2.45, 2.75) is 59.5 Å². The SMILES string of the molecule is CCCNC(=O)[C@@H](C)N(Cc1ccc(C)cc1)C(=O)COc1ccc(C(C)C)cc1. The lowest BCUT2D eigenvalue weighted by atomic mass is 10.0. The first-order chi connectivity index (χ1) is 14.3. The first kappa shape index (κ1) is 23.5. The molecule has 0 radical (unpaired) electrons. The molecule has 0 bridgehead atoms. The van der Waals surface area contributed by atoms with Crippen molar-refractivity contribution in [2.24, 2.45) is 0 Å². The molecular formula is C25H34N2O3. The second-order valence-electron chi connectivity index (χ2n) is 7.99. The minimum Gasteiger partial charge on any atom is -0.484 e. The van der Waals surface area contributed by atoms with Gasteiger partial charge in [-0.15, -0.1) is 0 Å². The maximum atomic E-state index is 13.0. The van der Waals surface area contributed by atoms with Gasteiger partial charge in [-0.05, 0) is 49.4 Å². The van der Waals surface area contributed by atoms with Gasteiger partial charge in [-0.25, -0.2) is 0 Å². The molecule has 2 aromatic rings. The van der Waals surface area contributed by atoms with Gasteiger partial charge in [0.2, 0.25) is 5.91 Å². The molecule has 0 aliphatic carbocycles. The summed E-state index contributed by atoms with van der Waals surface area (Å²) < 4.78 is 5.73. The van der Waals surface area contributed by atoms with Crippen molar-refractivity contribution in [3.05, 3.63) is 65.2 Å². The van der Waals surface area contributed by atoms with Crippen LogP contribution in [-0.2, 0) is 16.1 Å². The van der Waals surface area contributed by atoms with Crippen LogP contribution >= 0.6 is 0 Å². The van der Waals surface area contributed by atoms with Crippen LogP contribution < -0.4 is 10.1 Å². The number of rotatable bonds is 10. The van der Waals surface area contributed by atoms with E-state index >= 15 is 0 Å². The molecule has 0 heterocycles. The Kier molecular flexibility index (Phi) is 8.90. The summed E-state index contributed by atoms with van der Waals surface area (Å²) in [5, 5.41) is 2.88. The minimum absolute atomic E-state index is 0.113. The lowest BCUT2D eigenvalue weighted by Gasteiger charge is -2.28. The Morgan fingerprint density at radius 2 is 1.63 bits per heavy atom. The third-order valence-corrected chi connectivity index (χ3v) is 5.10. The van der Waals surface area contributed by atoms with Crippen LogP contribution in [-0.4, -0.2) is 35.9 Å². The number of carbonyl (C=O) groups is 2. The Bertz CT molecular complexity index is 813. The molecule has 1 N–H and O–H groups in total. The number of ether oxygens (including phenoxy) is 1. The molecule has 30 heavy (non-hydrogen) atoms. The fourth-order valence-corrected chi connectivity index (χ4v) is 3.05. The third kappa shape index (κ3) is 6.90. The van der Waals surface area contributed by atoms with Crippen LogP contribution in [0.3, 0.4) is 0 Å². The molecule has 0 fully saturated rings. The van der Waals surface area contributed by atoms with Crippen molar-refractivity contribution in [1.29, 1.82) is 0 Å². The van der Waals surface area contributed by atoms with Crippen molar-refractivity contribution in [3.63, 3.8) is 0 Å². The molecular weight excluding hydrogens is 376 g/mol. The maximum Gasteiger partial charge on any atom is 0.261 e. The molecule has 0 aromatic heterocycles. The second kappa shape index (κ2) is 11.4. The normalized spacial score (nSPS) is 11.8. The minimum atomic E-state index is -0.586. The molecule has 0 unspecified atom stereocenters. The summed E-state index contributed by atoms with van der Waals surface area (Å²) in [7, 11) is 0. The highest BCUT2D eigenvalue weighted by atomic mass is 16.5. The van der Waals surface area contributed by atoms with Crippen molar-refractivity contribution in [3.8, 4) is 5.75 Å². The van der Waals surface area contributed by atoms with Crippen LogP contribution in [0.5, 0.6) is 5.75 Å².